The molecule has 5 rings (SSSR count). The molecule has 0 radical (unpaired) electrons. The number of amides is 1. The van der Waals surface area contributed by atoms with Gasteiger partial charge in [-0.3, -0.25) is 9.69 Å². The maximum atomic E-state index is 13.1. The largest absolute Gasteiger partial charge is 0.416 e. The normalized spacial score (nSPS) is 19.4. The van der Waals surface area contributed by atoms with Crippen molar-refractivity contribution < 1.29 is 9.21 Å². The topological polar surface area (TPSA) is 65.7 Å². The minimum absolute atomic E-state index is 0.0830. The number of nitrogens with zero attached hydrogens (tertiary/aromatic N) is 5. The van der Waals surface area contributed by atoms with E-state index >= 15 is 0 Å². The fraction of sp³-hybridized carbons (Fsp3) is 0.423. The molecule has 3 aromatic rings. The van der Waals surface area contributed by atoms with Crippen molar-refractivity contribution in [3.05, 3.63) is 54.6 Å². The van der Waals surface area contributed by atoms with Gasteiger partial charge < -0.3 is 14.2 Å². The number of benzene rings is 2. The van der Waals surface area contributed by atoms with E-state index in [1.54, 1.807) is 0 Å². The van der Waals surface area contributed by atoms with Gasteiger partial charge in [-0.25, -0.2) is 0 Å². The third-order valence-electron chi connectivity index (χ3n) is 6.82. The van der Waals surface area contributed by atoms with Crippen LogP contribution in [0.15, 0.2) is 59.0 Å². The van der Waals surface area contributed by atoms with Gasteiger partial charge in [-0.1, -0.05) is 18.2 Å². The average molecular weight is 446 g/mol. The number of rotatable bonds is 5. The van der Waals surface area contributed by atoms with Gasteiger partial charge in [-0.05, 0) is 56.7 Å². The van der Waals surface area contributed by atoms with E-state index < -0.39 is 0 Å². The summed E-state index contributed by atoms with van der Waals surface area (Å²) in [6.07, 6.45) is 0.912. The summed E-state index contributed by atoms with van der Waals surface area (Å²) in [5.41, 5.74) is 2.93. The van der Waals surface area contributed by atoms with Gasteiger partial charge in [0.2, 0.25) is 17.7 Å². The van der Waals surface area contributed by atoms with E-state index in [1.807, 2.05) is 42.5 Å². The molecule has 0 spiro atoms. The number of anilines is 1. The van der Waals surface area contributed by atoms with Crippen molar-refractivity contribution in [3.63, 3.8) is 0 Å². The van der Waals surface area contributed by atoms with Crippen LogP contribution in [0.5, 0.6) is 0 Å². The monoisotopic (exact) mass is 445 g/mol. The highest BCUT2D eigenvalue weighted by Gasteiger charge is 2.33. The van der Waals surface area contributed by atoms with Crippen LogP contribution in [0.3, 0.4) is 0 Å². The Labute approximate surface area is 195 Å². The van der Waals surface area contributed by atoms with Crippen LogP contribution in [-0.2, 0) is 4.79 Å². The second-order valence-corrected chi connectivity index (χ2v) is 9.21. The summed E-state index contributed by atoms with van der Waals surface area (Å²) < 4.78 is 5.87. The number of hydrogen-bond acceptors (Lipinski definition) is 6. The van der Waals surface area contributed by atoms with E-state index in [9.17, 15) is 4.79 Å². The molecule has 33 heavy (non-hydrogen) atoms. The van der Waals surface area contributed by atoms with Crippen LogP contribution in [0.25, 0.3) is 22.9 Å². The fourth-order valence-electron chi connectivity index (χ4n) is 4.77. The lowest BCUT2D eigenvalue weighted by atomic mass is 10.1. The van der Waals surface area contributed by atoms with Crippen LogP contribution in [0.4, 0.5) is 5.69 Å². The van der Waals surface area contributed by atoms with E-state index in [0.717, 1.165) is 62.5 Å². The number of carbonyl (C=O) groups is 1. The molecule has 0 aliphatic carbocycles. The Kier molecular flexibility index (Phi) is 6.13. The van der Waals surface area contributed by atoms with Gasteiger partial charge >= 0.3 is 0 Å². The van der Waals surface area contributed by atoms with Crippen LogP contribution < -0.4 is 4.90 Å². The molecule has 1 aromatic heterocycles. The van der Waals surface area contributed by atoms with E-state index in [4.69, 9.17) is 4.42 Å². The summed E-state index contributed by atoms with van der Waals surface area (Å²) >= 11 is 0. The third-order valence-corrected chi connectivity index (χ3v) is 6.82. The van der Waals surface area contributed by atoms with Crippen molar-refractivity contribution in [1.82, 2.24) is 20.0 Å². The molecule has 0 bridgehead atoms. The molecule has 0 saturated carbocycles. The van der Waals surface area contributed by atoms with Gasteiger partial charge in [0.1, 0.15) is 0 Å². The van der Waals surface area contributed by atoms with Crippen molar-refractivity contribution in [3.8, 4) is 22.9 Å². The quantitative estimate of drug-likeness (QED) is 0.596. The predicted molar refractivity (Wildman–Crippen MR) is 129 cm³/mol. The maximum Gasteiger partial charge on any atom is 0.248 e. The fourth-order valence-corrected chi connectivity index (χ4v) is 4.77. The molecule has 2 fully saturated rings. The zero-order chi connectivity index (χ0) is 22.8. The molecular formula is C26H31N5O2. The molecule has 1 amide bonds. The number of aromatic nitrogens is 2. The van der Waals surface area contributed by atoms with Crippen LogP contribution in [0.2, 0.25) is 0 Å². The van der Waals surface area contributed by atoms with Crippen LogP contribution in [-0.4, -0.2) is 71.2 Å². The summed E-state index contributed by atoms with van der Waals surface area (Å²) in [6, 6.07) is 18.5. The zero-order valence-corrected chi connectivity index (χ0v) is 19.4. The summed E-state index contributed by atoms with van der Waals surface area (Å²) in [7, 11) is 0. The first-order chi connectivity index (χ1) is 16.1. The Morgan fingerprint density at radius 1 is 0.879 bits per heavy atom. The van der Waals surface area contributed by atoms with Crippen molar-refractivity contribution in [1.29, 1.82) is 0 Å². The highest BCUT2D eigenvalue weighted by molar-refractivity contribution is 5.80. The van der Waals surface area contributed by atoms with E-state index in [1.165, 1.54) is 0 Å². The van der Waals surface area contributed by atoms with Crippen molar-refractivity contribution in [2.45, 2.75) is 26.3 Å². The van der Waals surface area contributed by atoms with E-state index in [2.05, 4.69) is 50.9 Å². The van der Waals surface area contributed by atoms with Crippen LogP contribution in [0.1, 0.15) is 20.3 Å². The Morgan fingerprint density at radius 2 is 1.52 bits per heavy atom. The number of carbonyl (C=O) groups excluding carboxylic acids is 1. The SMILES string of the molecule is CC(C)N1CCN(C(=O)[C@H]2CCN(c3ccc(-c4nnc(-c5ccccc5)o4)cc3)C2)CC1. The molecule has 0 N–H and O–H groups in total. The minimum atomic E-state index is 0.0830. The van der Waals surface area contributed by atoms with Gasteiger partial charge in [0.25, 0.3) is 0 Å². The number of piperazine rings is 1. The van der Waals surface area contributed by atoms with Gasteiger partial charge in [-0.15, -0.1) is 10.2 Å². The molecule has 3 heterocycles. The molecule has 7 nitrogen and oxygen atoms in total. The van der Waals surface area contributed by atoms with Crippen molar-refractivity contribution in [2.24, 2.45) is 5.92 Å². The highest BCUT2D eigenvalue weighted by atomic mass is 16.4. The number of hydrogen-bond donors (Lipinski definition) is 0. The Hall–Kier alpha value is -3.19. The second-order valence-electron chi connectivity index (χ2n) is 9.21. The second kappa shape index (κ2) is 9.35. The molecular weight excluding hydrogens is 414 g/mol. The van der Waals surface area contributed by atoms with Gasteiger partial charge in [0.05, 0.1) is 5.92 Å². The minimum Gasteiger partial charge on any atom is -0.416 e. The molecule has 172 valence electrons. The summed E-state index contributed by atoms with van der Waals surface area (Å²) in [4.78, 5) is 19.9. The maximum absolute atomic E-state index is 13.1. The Bertz CT molecular complexity index is 1070. The van der Waals surface area contributed by atoms with Crippen molar-refractivity contribution in [2.75, 3.05) is 44.2 Å². The summed E-state index contributed by atoms with van der Waals surface area (Å²) in [5, 5.41) is 8.39. The van der Waals surface area contributed by atoms with E-state index in [0.29, 0.717) is 23.7 Å². The van der Waals surface area contributed by atoms with Crippen LogP contribution in [0, 0.1) is 5.92 Å². The zero-order valence-electron chi connectivity index (χ0n) is 19.4. The smallest absolute Gasteiger partial charge is 0.248 e. The van der Waals surface area contributed by atoms with Gasteiger partial charge in [-0.2, -0.15) is 0 Å². The van der Waals surface area contributed by atoms with Gasteiger partial charge in [0, 0.05) is 62.1 Å². The van der Waals surface area contributed by atoms with Crippen LogP contribution >= 0.6 is 0 Å². The average Bonchev–Trinajstić information content (AvgIpc) is 3.55. The lowest BCUT2D eigenvalue weighted by molar-refractivity contribution is -0.136. The first-order valence-corrected chi connectivity index (χ1v) is 11.9. The molecule has 2 saturated heterocycles. The standard InChI is InChI=1S/C26H31N5O2/c1-19(2)29-14-16-30(17-15-29)26(32)22-12-13-31(18-22)23-10-8-21(9-11-23)25-28-27-24(33-25)20-6-4-3-5-7-20/h3-11,19,22H,12-18H2,1-2H3/t22-/m0/s1. The lowest BCUT2D eigenvalue weighted by Gasteiger charge is -2.37. The third kappa shape index (κ3) is 4.64. The summed E-state index contributed by atoms with van der Waals surface area (Å²) in [6.45, 7) is 9.76. The summed E-state index contributed by atoms with van der Waals surface area (Å²) in [5.74, 6) is 1.43. The molecule has 2 aromatic carbocycles. The first-order valence-electron chi connectivity index (χ1n) is 11.9. The predicted octanol–water partition coefficient (Wildman–Crippen LogP) is 3.78. The molecule has 2 aliphatic rings. The molecule has 7 heteroatoms. The Morgan fingerprint density at radius 3 is 2.15 bits per heavy atom. The first kappa shape index (κ1) is 21.6. The van der Waals surface area contributed by atoms with Gasteiger partial charge in [0.15, 0.2) is 0 Å². The molecule has 0 unspecified atom stereocenters. The molecule has 1 atom stereocenters. The van der Waals surface area contributed by atoms with E-state index in [-0.39, 0.29) is 5.92 Å². The highest BCUT2D eigenvalue weighted by Crippen LogP contribution is 2.29. The van der Waals surface area contributed by atoms with Crippen molar-refractivity contribution >= 4 is 11.6 Å². The molecule has 2 aliphatic heterocycles. The lowest BCUT2D eigenvalue weighted by Crippen LogP contribution is -2.52. The Balaban J connectivity index is 1.19.